The molecule has 0 bridgehead atoms. The number of hydrogen-bond acceptors (Lipinski definition) is 3. The van der Waals surface area contributed by atoms with E-state index in [2.05, 4.69) is 55.6 Å². The van der Waals surface area contributed by atoms with Crippen LogP contribution in [-0.2, 0) is 4.79 Å². The fourth-order valence-corrected chi connectivity index (χ4v) is 3.73. The summed E-state index contributed by atoms with van der Waals surface area (Å²) >= 11 is 0. The van der Waals surface area contributed by atoms with Gasteiger partial charge in [0.1, 0.15) is 0 Å². The lowest BCUT2D eigenvalue weighted by molar-refractivity contribution is -0.123. The number of hydrogen-bond donors (Lipinski definition) is 3. The zero-order chi connectivity index (χ0) is 25.8. The summed E-state index contributed by atoms with van der Waals surface area (Å²) < 4.78 is 0. The van der Waals surface area contributed by atoms with Crippen molar-refractivity contribution in [3.8, 4) is 0 Å². The largest absolute Gasteiger partial charge is 0.394 e. The molecule has 0 aliphatic heterocycles. The molecule has 1 amide bonds. The number of nitrogens with one attached hydrogen (secondary N) is 1. The third-order valence-electron chi connectivity index (χ3n) is 6.03. The molecule has 0 saturated carbocycles. The Morgan fingerprint density at radius 3 is 1.91 bits per heavy atom. The molecule has 0 rings (SSSR count). The molecule has 2 unspecified atom stereocenters. The normalized spacial score (nSPS) is 14.1. The number of rotatable bonds is 24. The van der Waals surface area contributed by atoms with Gasteiger partial charge >= 0.3 is 0 Å². The molecule has 35 heavy (non-hydrogen) atoms. The molecule has 4 heteroatoms. The van der Waals surface area contributed by atoms with Crippen LogP contribution in [0.1, 0.15) is 123 Å². The molecule has 0 spiro atoms. The summed E-state index contributed by atoms with van der Waals surface area (Å²) in [4.78, 5) is 12.2. The zero-order valence-corrected chi connectivity index (χ0v) is 22.8. The van der Waals surface area contributed by atoms with Crippen LogP contribution in [0.3, 0.4) is 0 Å². The number of unbranched alkanes of at least 4 members (excludes halogenated alkanes) is 11. The van der Waals surface area contributed by atoms with Gasteiger partial charge in [0.2, 0.25) is 5.91 Å². The molecule has 202 valence electrons. The van der Waals surface area contributed by atoms with E-state index in [1.807, 2.05) is 6.08 Å². The highest BCUT2D eigenvalue weighted by atomic mass is 16.3. The van der Waals surface area contributed by atoms with Crippen LogP contribution in [0.15, 0.2) is 48.6 Å². The van der Waals surface area contributed by atoms with Gasteiger partial charge in [-0.05, 0) is 57.8 Å². The first-order chi connectivity index (χ1) is 17.2. The van der Waals surface area contributed by atoms with Crippen LogP contribution in [0.5, 0.6) is 0 Å². The Labute approximate surface area is 216 Å². The summed E-state index contributed by atoms with van der Waals surface area (Å²) in [6.07, 6.45) is 34.7. The van der Waals surface area contributed by atoms with Crippen LogP contribution in [0.25, 0.3) is 0 Å². The van der Waals surface area contributed by atoms with Gasteiger partial charge in [-0.25, -0.2) is 0 Å². The van der Waals surface area contributed by atoms with Crippen molar-refractivity contribution >= 4 is 5.91 Å². The fraction of sp³-hybridized carbons (Fsp3) is 0.710. The third-order valence-corrected chi connectivity index (χ3v) is 6.03. The van der Waals surface area contributed by atoms with Crippen molar-refractivity contribution < 1.29 is 15.0 Å². The van der Waals surface area contributed by atoms with E-state index in [0.29, 0.717) is 6.42 Å². The average molecular weight is 490 g/mol. The molecular formula is C31H55NO3. The van der Waals surface area contributed by atoms with Gasteiger partial charge in [-0.3, -0.25) is 4.79 Å². The first kappa shape index (κ1) is 33.4. The molecule has 0 aromatic carbocycles. The molecule has 0 aliphatic rings. The molecule has 0 radical (unpaired) electrons. The van der Waals surface area contributed by atoms with E-state index in [9.17, 15) is 15.0 Å². The molecule has 0 heterocycles. The van der Waals surface area contributed by atoms with E-state index >= 15 is 0 Å². The van der Waals surface area contributed by atoms with Crippen molar-refractivity contribution in [2.75, 3.05) is 6.61 Å². The highest BCUT2D eigenvalue weighted by molar-refractivity contribution is 5.76. The Bertz CT molecular complexity index is 580. The molecule has 0 aromatic rings. The monoisotopic (exact) mass is 489 g/mol. The van der Waals surface area contributed by atoms with E-state index in [1.165, 1.54) is 51.4 Å². The van der Waals surface area contributed by atoms with Crippen LogP contribution >= 0.6 is 0 Å². The molecule has 0 aromatic heterocycles. The van der Waals surface area contributed by atoms with Crippen LogP contribution in [0, 0.1) is 0 Å². The summed E-state index contributed by atoms with van der Waals surface area (Å²) in [7, 11) is 0. The predicted molar refractivity (Wildman–Crippen MR) is 151 cm³/mol. The highest BCUT2D eigenvalue weighted by Gasteiger charge is 2.17. The van der Waals surface area contributed by atoms with Crippen molar-refractivity contribution in [2.45, 2.75) is 135 Å². The fourth-order valence-electron chi connectivity index (χ4n) is 3.73. The van der Waals surface area contributed by atoms with Gasteiger partial charge in [-0.1, -0.05) is 107 Å². The van der Waals surface area contributed by atoms with Gasteiger partial charge in [-0.2, -0.15) is 0 Å². The van der Waals surface area contributed by atoms with Crippen LogP contribution < -0.4 is 5.32 Å². The smallest absolute Gasteiger partial charge is 0.220 e. The molecule has 3 N–H and O–H groups in total. The number of carbonyl (C=O) groups excluding carboxylic acids is 1. The Hall–Kier alpha value is -1.65. The van der Waals surface area contributed by atoms with Crippen molar-refractivity contribution in [1.82, 2.24) is 5.32 Å². The second-order valence-corrected chi connectivity index (χ2v) is 9.45. The maximum Gasteiger partial charge on any atom is 0.220 e. The van der Waals surface area contributed by atoms with Gasteiger partial charge < -0.3 is 15.5 Å². The van der Waals surface area contributed by atoms with Gasteiger partial charge in [0.25, 0.3) is 0 Å². The van der Waals surface area contributed by atoms with E-state index in [4.69, 9.17) is 0 Å². The van der Waals surface area contributed by atoms with Gasteiger partial charge in [0.15, 0.2) is 0 Å². The van der Waals surface area contributed by atoms with Crippen molar-refractivity contribution in [3.63, 3.8) is 0 Å². The molecule has 4 nitrogen and oxygen atoms in total. The second kappa shape index (κ2) is 26.9. The second-order valence-electron chi connectivity index (χ2n) is 9.45. The van der Waals surface area contributed by atoms with E-state index in [0.717, 1.165) is 51.4 Å². The quantitative estimate of drug-likeness (QED) is 0.0960. The molecule has 0 saturated heterocycles. The van der Waals surface area contributed by atoms with Crippen LogP contribution in [0.2, 0.25) is 0 Å². The Morgan fingerprint density at radius 2 is 1.23 bits per heavy atom. The Balaban J connectivity index is 3.76. The maximum absolute atomic E-state index is 12.2. The van der Waals surface area contributed by atoms with E-state index < -0.39 is 12.1 Å². The van der Waals surface area contributed by atoms with Crippen LogP contribution in [0.4, 0.5) is 0 Å². The van der Waals surface area contributed by atoms with Crippen molar-refractivity contribution in [1.29, 1.82) is 0 Å². The van der Waals surface area contributed by atoms with Crippen LogP contribution in [-0.4, -0.2) is 34.9 Å². The SMILES string of the molecule is CCCC/C=C/CC/C=C/C(O)C(CO)NC(=O)CCCCCCC/C=C\C/C=C\CCCCC. The Morgan fingerprint density at radius 1 is 0.686 bits per heavy atom. The van der Waals surface area contributed by atoms with E-state index in [1.54, 1.807) is 6.08 Å². The van der Waals surface area contributed by atoms with Gasteiger partial charge in [0, 0.05) is 6.42 Å². The molecule has 0 aliphatic carbocycles. The number of carbonyl (C=O) groups is 1. The topological polar surface area (TPSA) is 69.6 Å². The summed E-state index contributed by atoms with van der Waals surface area (Å²) in [5, 5.41) is 22.6. The first-order valence-corrected chi connectivity index (χ1v) is 14.4. The van der Waals surface area contributed by atoms with Crippen molar-refractivity contribution in [2.24, 2.45) is 0 Å². The molecular weight excluding hydrogens is 434 g/mol. The molecule has 2 atom stereocenters. The predicted octanol–water partition coefficient (Wildman–Crippen LogP) is 7.72. The van der Waals surface area contributed by atoms with Gasteiger partial charge in [-0.15, -0.1) is 0 Å². The minimum atomic E-state index is -0.863. The van der Waals surface area contributed by atoms with E-state index in [-0.39, 0.29) is 12.5 Å². The first-order valence-electron chi connectivity index (χ1n) is 14.4. The zero-order valence-electron chi connectivity index (χ0n) is 22.8. The maximum atomic E-state index is 12.2. The lowest BCUT2D eigenvalue weighted by atomic mass is 10.1. The summed E-state index contributed by atoms with van der Waals surface area (Å²) in [6, 6.07) is -0.642. The number of aliphatic hydroxyl groups is 2. The molecule has 0 fully saturated rings. The van der Waals surface area contributed by atoms with Crippen molar-refractivity contribution in [3.05, 3.63) is 48.6 Å². The Kier molecular flexibility index (Phi) is 25.7. The summed E-state index contributed by atoms with van der Waals surface area (Å²) in [6.45, 7) is 4.15. The number of aliphatic hydroxyl groups excluding tert-OH is 2. The standard InChI is InChI=1S/C31H55NO3/c1-3-5-7-9-11-13-14-15-16-17-18-19-21-23-25-27-31(35)32-29(28-33)30(34)26-24-22-20-12-10-8-6-4-2/h10-13,15-16,24,26,29-30,33-34H,3-9,14,17-23,25,27-28H2,1-2H3,(H,32,35)/b12-10+,13-11-,16-15-,26-24+. The minimum absolute atomic E-state index is 0.0963. The minimum Gasteiger partial charge on any atom is -0.394 e. The summed E-state index contributed by atoms with van der Waals surface area (Å²) in [5.74, 6) is -0.0963. The lowest BCUT2D eigenvalue weighted by Crippen LogP contribution is -2.45. The van der Waals surface area contributed by atoms with Gasteiger partial charge in [0.05, 0.1) is 18.8 Å². The number of allylic oxidation sites excluding steroid dienone is 7. The average Bonchev–Trinajstić information content (AvgIpc) is 2.86. The third kappa shape index (κ3) is 23.8. The number of amides is 1. The summed E-state index contributed by atoms with van der Waals surface area (Å²) in [5.41, 5.74) is 0. The highest BCUT2D eigenvalue weighted by Crippen LogP contribution is 2.09. The lowest BCUT2D eigenvalue weighted by Gasteiger charge is -2.19.